The van der Waals surface area contributed by atoms with Crippen LogP contribution in [0.5, 0.6) is 0 Å². The minimum atomic E-state index is -0.926. The van der Waals surface area contributed by atoms with Gasteiger partial charge in [-0.2, -0.15) is 0 Å². The molecule has 0 aliphatic carbocycles. The molecule has 0 spiro atoms. The summed E-state index contributed by atoms with van der Waals surface area (Å²) in [6.07, 6.45) is -0.199. The summed E-state index contributed by atoms with van der Waals surface area (Å²) < 4.78 is 6.66. The van der Waals surface area contributed by atoms with Gasteiger partial charge < -0.3 is 37.3 Å². The maximum Gasteiger partial charge on any atom is 0.306 e. The van der Waals surface area contributed by atoms with Crippen molar-refractivity contribution in [3.05, 3.63) is 126 Å². The van der Waals surface area contributed by atoms with E-state index in [1.165, 1.54) is 9.75 Å². The van der Waals surface area contributed by atoms with Crippen LogP contribution in [0.15, 0.2) is 64.1 Å². The number of aliphatic hydroxyl groups is 1. The molecule has 5 heterocycles. The van der Waals surface area contributed by atoms with Crippen LogP contribution in [0.4, 0.5) is 0 Å². The third kappa shape index (κ3) is 12.8. The summed E-state index contributed by atoms with van der Waals surface area (Å²) in [5, 5.41) is 39.1. The number of aromatic nitrogens is 4. The molecule has 313 valence electrons. The Hall–Kier alpha value is -4.36. The summed E-state index contributed by atoms with van der Waals surface area (Å²) in [6, 6.07) is 14.5. The number of ketones is 1. The Balaban J connectivity index is 0.000000217. The summed E-state index contributed by atoms with van der Waals surface area (Å²) in [6.45, 7) is 12.4. The van der Waals surface area contributed by atoms with Crippen molar-refractivity contribution in [2.45, 2.75) is 65.3 Å². The number of thiophene rings is 1. The van der Waals surface area contributed by atoms with E-state index in [4.69, 9.17) is 26.9 Å². The predicted octanol–water partition coefficient (Wildman–Crippen LogP) is 7.23. The summed E-state index contributed by atoms with van der Waals surface area (Å²) >= 11 is 9.32. The zero-order valence-electron chi connectivity index (χ0n) is 33.4. The van der Waals surface area contributed by atoms with Crippen molar-refractivity contribution < 1.29 is 62.0 Å². The number of carboxylic acid groups (broad SMARTS) is 1. The van der Waals surface area contributed by atoms with E-state index in [1.54, 1.807) is 22.7 Å². The van der Waals surface area contributed by atoms with E-state index < -0.39 is 24.2 Å². The number of aryl methyl sites for hydroxylation is 3. The minimum absolute atomic E-state index is 0. The molecule has 0 saturated carbocycles. The first kappa shape index (κ1) is 48.3. The topological polar surface area (TPSA) is 232 Å². The molecule has 16 nitrogen and oxygen atoms in total. The minimum Gasteiger partial charge on any atom is -0.650 e. The number of carboxylic acids is 1. The van der Waals surface area contributed by atoms with Crippen LogP contribution >= 0.6 is 34.3 Å². The van der Waals surface area contributed by atoms with Gasteiger partial charge in [0.05, 0.1) is 41.4 Å². The molecular weight excluding hydrogens is 905 g/mol. The largest absolute Gasteiger partial charge is 0.650 e. The second kappa shape index (κ2) is 23.0. The molecule has 2 aliphatic heterocycles. The van der Waals surface area contributed by atoms with Crippen LogP contribution in [-0.4, -0.2) is 91.8 Å². The van der Waals surface area contributed by atoms with Gasteiger partial charge in [0.25, 0.3) is 0 Å². The van der Waals surface area contributed by atoms with E-state index in [9.17, 15) is 24.6 Å². The quantitative estimate of drug-likeness (QED) is 0.0376. The molecule has 3 N–H and O–H groups in total. The van der Waals surface area contributed by atoms with E-state index in [1.807, 2.05) is 72.5 Å². The van der Waals surface area contributed by atoms with Crippen LogP contribution in [0.25, 0.3) is 31.2 Å². The number of carbonyl (C=O) groups excluding carboxylic acids is 2. The molecule has 0 bridgehead atoms. The maximum atomic E-state index is 11.9. The number of nitrogens with zero attached hydrogens (tertiary/aromatic N) is 9. The van der Waals surface area contributed by atoms with Gasteiger partial charge >= 0.3 is 5.97 Å². The number of benzene rings is 2. The van der Waals surface area contributed by atoms with E-state index in [0.717, 1.165) is 50.0 Å². The fourth-order valence-corrected chi connectivity index (χ4v) is 8.29. The number of aliphatic carboxylic acids is 1. The average molecular weight is 948 g/mol. The molecule has 1 unspecified atom stereocenters. The fourth-order valence-electron chi connectivity index (χ4n) is 6.14. The molecule has 1 fully saturated rings. The normalized spacial score (nSPS) is 16.2. The van der Waals surface area contributed by atoms with Crippen molar-refractivity contribution in [2.24, 2.45) is 10.1 Å². The number of carbonyl (C=O) groups is 3. The van der Waals surface area contributed by atoms with Crippen molar-refractivity contribution in [2.75, 3.05) is 26.3 Å². The number of hydrogen-bond acceptors (Lipinski definition) is 12. The molecule has 1 amide bonds. The van der Waals surface area contributed by atoms with Crippen molar-refractivity contribution >= 4 is 57.6 Å². The second-order valence-electron chi connectivity index (χ2n) is 13.5. The number of thiazole rings is 1. The smallest absolute Gasteiger partial charge is 0.306 e. The first-order valence-corrected chi connectivity index (χ1v) is 20.5. The van der Waals surface area contributed by atoms with Crippen LogP contribution < -0.4 is 5.32 Å². The number of fused-ring (bicyclic) bond motifs is 3. The summed E-state index contributed by atoms with van der Waals surface area (Å²) in [4.78, 5) is 47.5. The number of aliphatic hydroxyl groups excluding tert-OH is 1. The van der Waals surface area contributed by atoms with Crippen molar-refractivity contribution in [3.63, 3.8) is 0 Å². The van der Waals surface area contributed by atoms with Crippen LogP contribution in [0, 0.1) is 34.6 Å². The van der Waals surface area contributed by atoms with Gasteiger partial charge in [0, 0.05) is 83.6 Å². The summed E-state index contributed by atoms with van der Waals surface area (Å²) in [5.41, 5.74) is 16.6. The Labute approximate surface area is 385 Å². The van der Waals surface area contributed by atoms with Crippen LogP contribution in [-0.2, 0) is 58.4 Å². The second-order valence-corrected chi connectivity index (χ2v) is 16.0. The van der Waals surface area contributed by atoms with Gasteiger partial charge in [0.1, 0.15) is 16.9 Å². The SMILES string of the molecule is Cc1ncsc1-c1ccc(CNC(=O)[C@@H]2CC(O)C[N-]2)cc1.Cc1sc2c(c1C)C(c1ccc(Cl)cc1)=N[C@@H](CC(=O)O)c1nnc(C)n1-2.[CH2-]C(=O)COCCN=[N+]=[N-].[Y]. The standard InChI is InChI=1S/C19H17ClN4O2S.C16H18N3O2S.C5H8N3O2.Y/c1-9-10(2)27-19-16(9)17(12-4-6-13(20)7-5-12)21-14(8-15(25)26)18-23-22-11(3)24(18)19;1-10-15(22-9-19-10)12-4-2-11(3-5-12)7-18-16(21)14-6-13(20)8-17-14;1-5(9)4-10-3-2-7-8-6;/h4-7,14H,8H2,1-3H3,(H,25,26);2-5,9,13-14,20H,6-8H2,1H3,(H,18,21);1-4H2;/q;2*-1;/t14-;13?,14-;;/m00../s1. The van der Waals surface area contributed by atoms with E-state index in [-0.39, 0.29) is 70.6 Å². The Morgan fingerprint density at radius 1 is 1.10 bits per heavy atom. The Kier molecular flexibility index (Phi) is 18.5. The molecule has 20 heteroatoms. The van der Waals surface area contributed by atoms with Crippen LogP contribution in [0.3, 0.4) is 0 Å². The van der Waals surface area contributed by atoms with E-state index in [2.05, 4.69) is 56.6 Å². The Morgan fingerprint density at radius 3 is 2.40 bits per heavy atom. The summed E-state index contributed by atoms with van der Waals surface area (Å²) in [7, 11) is 0. The van der Waals surface area contributed by atoms with Crippen LogP contribution in [0.1, 0.15) is 63.4 Å². The molecule has 60 heavy (non-hydrogen) atoms. The van der Waals surface area contributed by atoms with Gasteiger partial charge in [-0.15, -0.1) is 39.4 Å². The first-order valence-electron chi connectivity index (χ1n) is 18.4. The first-order chi connectivity index (χ1) is 28.3. The van der Waals surface area contributed by atoms with Crippen molar-refractivity contribution in [3.8, 4) is 15.4 Å². The van der Waals surface area contributed by atoms with Gasteiger partial charge in [-0.05, 0) is 68.5 Å². The van der Waals surface area contributed by atoms with Gasteiger partial charge in [-0.3, -0.25) is 19.1 Å². The van der Waals surface area contributed by atoms with E-state index >= 15 is 0 Å². The van der Waals surface area contributed by atoms with E-state index in [0.29, 0.717) is 30.4 Å². The molecule has 2 aliphatic rings. The molecule has 1 radical (unpaired) electrons. The van der Waals surface area contributed by atoms with Crippen molar-refractivity contribution in [1.82, 2.24) is 25.1 Å². The molecule has 3 atom stereocenters. The van der Waals surface area contributed by atoms with Crippen LogP contribution in [0.2, 0.25) is 5.02 Å². The zero-order valence-corrected chi connectivity index (χ0v) is 38.6. The summed E-state index contributed by atoms with van der Waals surface area (Å²) in [5.74, 6) is -0.0405. The zero-order chi connectivity index (χ0) is 42.6. The Morgan fingerprint density at radius 2 is 1.80 bits per heavy atom. The maximum absolute atomic E-state index is 11.9. The number of rotatable bonds is 12. The third-order valence-electron chi connectivity index (χ3n) is 9.15. The fraction of sp³-hybridized carbons (Fsp3) is 0.350. The number of Topliss-reactive ketones (excluding diaryl/α,β-unsaturated/α-hetero) is 1. The average Bonchev–Trinajstić information content (AvgIpc) is 3.99. The number of nitrogens with one attached hydrogen (secondary N) is 1. The number of aliphatic imine (C=N–C) groups is 1. The number of halogens is 1. The predicted molar refractivity (Wildman–Crippen MR) is 227 cm³/mol. The molecule has 5 aromatic rings. The number of hydrogen-bond donors (Lipinski definition) is 3. The molecule has 1 saturated heterocycles. The monoisotopic (exact) mass is 947 g/mol. The number of amides is 1. The Bertz CT molecular complexity index is 2340. The van der Waals surface area contributed by atoms with Gasteiger partial charge in [0.2, 0.25) is 5.91 Å². The van der Waals surface area contributed by atoms with Gasteiger partial charge in [-0.25, -0.2) is 4.98 Å². The molecule has 2 aromatic carbocycles. The van der Waals surface area contributed by atoms with Gasteiger partial charge in [-0.1, -0.05) is 59.2 Å². The molecule has 7 rings (SSSR count). The third-order valence-corrected chi connectivity index (χ3v) is 11.6. The molecule has 3 aromatic heterocycles. The molecular formula is C40H43ClN10O6S2Y-2. The number of azide groups is 1. The van der Waals surface area contributed by atoms with Crippen molar-refractivity contribution in [1.29, 1.82) is 0 Å². The van der Waals surface area contributed by atoms with Gasteiger partial charge in [0.15, 0.2) is 5.82 Å². The number of ether oxygens (including phenoxy) is 1.